The van der Waals surface area contributed by atoms with Crippen LogP contribution in [0.5, 0.6) is 0 Å². The molecule has 0 saturated heterocycles. The summed E-state index contributed by atoms with van der Waals surface area (Å²) < 4.78 is 29.0. The largest absolute Gasteiger partial charge is 0.535 e. The Hall–Kier alpha value is -4.89. The number of para-hydroxylation sites is 1. The van der Waals surface area contributed by atoms with Crippen LogP contribution < -0.4 is 15.5 Å². The van der Waals surface area contributed by atoms with E-state index in [9.17, 15) is 14.4 Å². The molecule has 14 heteroatoms. The molecular weight excluding hydrogens is 791 g/mol. The second-order valence-electron chi connectivity index (χ2n) is 18.5. The molecular formula is C48H67N5O9. The van der Waals surface area contributed by atoms with E-state index in [2.05, 4.69) is 27.0 Å². The first kappa shape index (κ1) is 48.1. The van der Waals surface area contributed by atoms with Crippen LogP contribution in [0.2, 0.25) is 0 Å². The Morgan fingerprint density at radius 1 is 0.726 bits per heavy atom. The fourth-order valence-electron chi connectivity index (χ4n) is 7.26. The molecule has 0 aliphatic heterocycles. The highest BCUT2D eigenvalue weighted by atomic mass is 16.8. The smallest absolute Gasteiger partial charge is 0.432 e. The van der Waals surface area contributed by atoms with E-state index in [-0.39, 0.29) is 41.1 Å². The fraction of sp³-hybridized carbons (Fsp3) is 0.562. The molecule has 3 aromatic carbocycles. The molecule has 62 heavy (non-hydrogen) atoms. The van der Waals surface area contributed by atoms with Gasteiger partial charge in [0, 0.05) is 45.2 Å². The highest BCUT2D eigenvalue weighted by molar-refractivity contribution is 6.03. The highest BCUT2D eigenvalue weighted by Gasteiger charge is 2.34. The Labute approximate surface area is 366 Å². The molecule has 1 unspecified atom stereocenters. The molecule has 0 saturated carbocycles. The molecule has 0 spiro atoms. The molecule has 1 aliphatic rings. The van der Waals surface area contributed by atoms with Gasteiger partial charge in [0.2, 0.25) is 5.91 Å². The van der Waals surface area contributed by atoms with Crippen LogP contribution in [0.15, 0.2) is 60.7 Å². The molecule has 0 fully saturated rings. The van der Waals surface area contributed by atoms with Crippen LogP contribution in [-0.4, -0.2) is 103 Å². The maximum Gasteiger partial charge on any atom is 0.535 e. The van der Waals surface area contributed by atoms with E-state index in [1.54, 1.807) is 32.4 Å². The third kappa shape index (κ3) is 13.6. The van der Waals surface area contributed by atoms with Crippen molar-refractivity contribution in [1.82, 2.24) is 25.8 Å². The quantitative estimate of drug-likeness (QED) is 0.0519. The van der Waals surface area contributed by atoms with Crippen molar-refractivity contribution < 1.29 is 42.9 Å². The summed E-state index contributed by atoms with van der Waals surface area (Å²) in [5, 5.41) is 14.1. The minimum atomic E-state index is -0.938. The van der Waals surface area contributed by atoms with Crippen molar-refractivity contribution in [3.63, 3.8) is 0 Å². The summed E-state index contributed by atoms with van der Waals surface area (Å²) in [6.07, 6.45) is 3.54. The van der Waals surface area contributed by atoms with E-state index >= 15 is 0 Å². The number of benzene rings is 3. The zero-order valence-electron chi connectivity index (χ0n) is 38.4. The van der Waals surface area contributed by atoms with Crippen LogP contribution in [0.1, 0.15) is 127 Å². The van der Waals surface area contributed by atoms with Gasteiger partial charge in [-0.1, -0.05) is 47.3 Å². The Kier molecular flexibility index (Phi) is 16.3. The van der Waals surface area contributed by atoms with Crippen molar-refractivity contribution in [2.75, 3.05) is 47.1 Å². The molecule has 1 heterocycles. The van der Waals surface area contributed by atoms with Gasteiger partial charge < -0.3 is 34.3 Å². The molecule has 1 aromatic heterocycles. The number of aryl methyl sites for hydroxylation is 1. The number of amides is 2. The van der Waals surface area contributed by atoms with Crippen molar-refractivity contribution in [3.8, 4) is 11.1 Å². The number of carbonyl (C=O) groups is 3. The van der Waals surface area contributed by atoms with E-state index in [0.717, 1.165) is 45.5 Å². The van der Waals surface area contributed by atoms with Crippen molar-refractivity contribution in [1.29, 1.82) is 0 Å². The molecule has 0 radical (unpaired) electrons. The van der Waals surface area contributed by atoms with Crippen molar-refractivity contribution >= 4 is 29.0 Å². The van der Waals surface area contributed by atoms with Crippen LogP contribution >= 0.6 is 0 Å². The third-order valence-electron chi connectivity index (χ3n) is 11.8. The lowest BCUT2D eigenvalue weighted by atomic mass is 9.95. The molecule has 2 N–H and O–H groups in total. The van der Waals surface area contributed by atoms with Crippen molar-refractivity contribution in [2.24, 2.45) is 0 Å². The lowest BCUT2D eigenvalue weighted by Gasteiger charge is -2.29. The van der Waals surface area contributed by atoms with Gasteiger partial charge in [-0.05, 0) is 145 Å². The van der Waals surface area contributed by atoms with Gasteiger partial charge in [-0.3, -0.25) is 14.4 Å². The van der Waals surface area contributed by atoms with Gasteiger partial charge in [0.05, 0.1) is 35.6 Å². The Morgan fingerprint density at radius 3 is 2.03 bits per heavy atom. The SMILES string of the molecule is COC(C)(C)CCOC(C)(C)CCNC(=O)CCCc1ccc2c(c1)C(COC(=O)On1nnc3ccccc31)c1cccc(C(=O)NCCC(C)(C)OCCC(C)(C)OC)c1-2. The Morgan fingerprint density at radius 2 is 1.37 bits per heavy atom. The average Bonchev–Trinajstić information content (AvgIpc) is 3.77. The van der Waals surface area contributed by atoms with Gasteiger partial charge in [-0.25, -0.2) is 4.79 Å². The number of ether oxygens (including phenoxy) is 5. The maximum atomic E-state index is 13.9. The van der Waals surface area contributed by atoms with Gasteiger partial charge in [-0.15, -0.1) is 5.10 Å². The minimum absolute atomic E-state index is 0.0134. The zero-order chi connectivity index (χ0) is 45.1. The number of nitrogens with one attached hydrogen (secondary N) is 2. The molecule has 2 amide bonds. The fourth-order valence-corrected chi connectivity index (χ4v) is 7.26. The van der Waals surface area contributed by atoms with Crippen LogP contribution in [-0.2, 0) is 34.9 Å². The molecule has 4 aromatic rings. The number of rotatable bonds is 24. The summed E-state index contributed by atoms with van der Waals surface area (Å²) in [6, 6.07) is 18.9. The molecule has 1 atom stereocenters. The average molecular weight is 858 g/mol. The van der Waals surface area contributed by atoms with E-state index in [1.165, 1.54) is 0 Å². The van der Waals surface area contributed by atoms with Crippen molar-refractivity contribution in [2.45, 2.75) is 129 Å². The summed E-state index contributed by atoms with van der Waals surface area (Å²) in [4.78, 5) is 46.3. The van der Waals surface area contributed by atoms with Crippen LogP contribution in [0.3, 0.4) is 0 Å². The minimum Gasteiger partial charge on any atom is -0.432 e. The van der Waals surface area contributed by atoms with Gasteiger partial charge in [0.15, 0.2) is 0 Å². The summed E-state index contributed by atoms with van der Waals surface area (Å²) in [5.41, 5.74) is 4.75. The third-order valence-corrected chi connectivity index (χ3v) is 11.8. The standard InChI is InChI=1S/C48H67N5O9/c1-45(2,57-9)25-29-60-47(5,6)23-27-49-41(54)20-13-15-33-21-22-35-37(31-33)38(32-59-44(56)62-53-40-19-12-11-18-39(40)51-52-53)34-16-14-17-36(42(34)35)43(55)50-28-24-48(7,8)61-30-26-46(3,4)58-10/h11-12,14,16-19,21-22,31,38H,13,15,20,23-30,32H2,1-10H3,(H,49,54)(H,50,55). The van der Waals surface area contributed by atoms with Crippen LogP contribution in [0.25, 0.3) is 22.2 Å². The van der Waals surface area contributed by atoms with Gasteiger partial charge in [0.25, 0.3) is 5.91 Å². The summed E-state index contributed by atoms with van der Waals surface area (Å²) in [7, 11) is 3.40. The topological polar surface area (TPSA) is 161 Å². The molecule has 0 bridgehead atoms. The van der Waals surface area contributed by atoms with Crippen LogP contribution in [0, 0.1) is 0 Å². The van der Waals surface area contributed by atoms with E-state index < -0.39 is 11.8 Å². The molecule has 338 valence electrons. The van der Waals surface area contributed by atoms with E-state index in [1.807, 2.05) is 91.8 Å². The van der Waals surface area contributed by atoms with E-state index in [4.69, 9.17) is 28.5 Å². The van der Waals surface area contributed by atoms with Gasteiger partial charge in [-0.2, -0.15) is 0 Å². The number of aromatic nitrogens is 3. The maximum absolute atomic E-state index is 13.9. The highest BCUT2D eigenvalue weighted by Crippen LogP contribution is 2.47. The number of carbonyl (C=O) groups excluding carboxylic acids is 3. The number of fused-ring (bicyclic) bond motifs is 4. The first-order chi connectivity index (χ1) is 29.3. The van der Waals surface area contributed by atoms with Crippen LogP contribution in [0.4, 0.5) is 4.79 Å². The summed E-state index contributed by atoms with van der Waals surface area (Å²) in [6.45, 7) is 18.2. The second-order valence-corrected chi connectivity index (χ2v) is 18.5. The number of hydrogen-bond acceptors (Lipinski definition) is 11. The van der Waals surface area contributed by atoms with E-state index in [0.29, 0.717) is 75.0 Å². The molecule has 14 nitrogen and oxygen atoms in total. The first-order valence-corrected chi connectivity index (χ1v) is 21.7. The molecule has 5 rings (SSSR count). The Bertz CT molecular complexity index is 2140. The lowest BCUT2D eigenvalue weighted by Crippen LogP contribution is -2.34. The predicted octanol–water partition coefficient (Wildman–Crippen LogP) is 7.98. The molecule has 1 aliphatic carbocycles. The first-order valence-electron chi connectivity index (χ1n) is 21.7. The monoisotopic (exact) mass is 857 g/mol. The zero-order valence-corrected chi connectivity index (χ0v) is 38.4. The predicted molar refractivity (Wildman–Crippen MR) is 238 cm³/mol. The van der Waals surface area contributed by atoms with Gasteiger partial charge in [0.1, 0.15) is 17.6 Å². The summed E-state index contributed by atoms with van der Waals surface area (Å²) in [5.74, 6) is -0.602. The van der Waals surface area contributed by atoms with Crippen molar-refractivity contribution in [3.05, 3.63) is 82.9 Å². The summed E-state index contributed by atoms with van der Waals surface area (Å²) >= 11 is 0. The number of hydrogen-bond donors (Lipinski definition) is 2. The van der Waals surface area contributed by atoms with Gasteiger partial charge >= 0.3 is 6.16 Å². The number of methoxy groups -OCH3 is 2. The number of nitrogens with zero attached hydrogens (tertiary/aromatic N) is 3. The Balaban J connectivity index is 1.24. The second kappa shape index (κ2) is 21.0. The lowest BCUT2D eigenvalue weighted by molar-refractivity contribution is -0.121. The normalized spacial score (nSPS) is 14.1.